The Morgan fingerprint density at radius 1 is 0.979 bits per heavy atom. The number of likely N-dealkylation sites (N-methyl/N-ethyl adjacent to an activating group) is 1. The molecule has 1 aromatic heterocycles. The van der Waals surface area contributed by atoms with Gasteiger partial charge >= 0.3 is 0 Å². The number of rotatable bonds is 9. The molecule has 2 aliphatic rings. The van der Waals surface area contributed by atoms with Gasteiger partial charge in [0.2, 0.25) is 5.88 Å². The predicted octanol–water partition coefficient (Wildman–Crippen LogP) is 4.57. The third kappa shape index (κ3) is 5.91. The van der Waals surface area contributed by atoms with Crippen LogP contribution in [0.1, 0.15) is 28.4 Å². The summed E-state index contributed by atoms with van der Waals surface area (Å²) in [6.07, 6.45) is 1.56. The highest BCUT2D eigenvalue weighted by Gasteiger charge is 2.58. The van der Waals surface area contributed by atoms with E-state index in [1.807, 2.05) is 18.9 Å². The fourth-order valence-corrected chi connectivity index (χ4v) is 7.89. The maximum absolute atomic E-state index is 15.0. The number of hydrogen-bond donors (Lipinski definition) is 1. The normalized spacial score (nSPS) is 18.2. The van der Waals surface area contributed by atoms with E-state index < -0.39 is 21.5 Å². The third-order valence-electron chi connectivity index (χ3n) is 8.39. The quantitative estimate of drug-likeness (QED) is 0.244. The molecule has 1 fully saturated rings. The van der Waals surface area contributed by atoms with Crippen LogP contribution < -0.4 is 19.1 Å². The monoisotopic (exact) mass is 767 g/mol. The molecule has 2 aliphatic heterocycles. The average molecular weight is 768 g/mol. The lowest BCUT2D eigenvalue weighted by Gasteiger charge is -2.33. The molecule has 0 aliphatic carbocycles. The average Bonchev–Trinajstić information content (AvgIpc) is 3.33. The standard InChI is InChI=1S/C34H34IN5O6S/c1-4-46-31-28(6-5-17-36-31)34(37-25-10-7-23(8-11-25)32(41)39-20-18-38(2)19-21-39)29-22-24(35)9-16-30(29)40(33(34)42)47(43,44)27-14-12-26(45-3)13-15-27/h5-17,22,37H,4,18-21H2,1-3H3. The molecule has 1 unspecified atom stereocenters. The lowest BCUT2D eigenvalue weighted by molar-refractivity contribution is -0.120. The number of pyridine rings is 1. The Morgan fingerprint density at radius 3 is 2.34 bits per heavy atom. The lowest BCUT2D eigenvalue weighted by atomic mass is 9.83. The van der Waals surface area contributed by atoms with Gasteiger partial charge < -0.3 is 24.6 Å². The Kier molecular flexibility index (Phi) is 9.14. The Morgan fingerprint density at radius 2 is 1.68 bits per heavy atom. The van der Waals surface area contributed by atoms with Crippen molar-refractivity contribution in [3.63, 3.8) is 0 Å². The molecule has 3 heterocycles. The molecule has 244 valence electrons. The van der Waals surface area contributed by atoms with Crippen molar-refractivity contribution in [1.82, 2.24) is 14.8 Å². The molecule has 4 aromatic rings. The number of fused-ring (bicyclic) bond motifs is 1. The Hall–Kier alpha value is -4.21. The Bertz CT molecular complexity index is 1910. The van der Waals surface area contributed by atoms with Crippen LogP contribution in [0, 0.1) is 3.57 Å². The van der Waals surface area contributed by atoms with Crippen molar-refractivity contribution in [2.24, 2.45) is 0 Å². The van der Waals surface area contributed by atoms with Crippen molar-refractivity contribution < 1.29 is 27.5 Å². The van der Waals surface area contributed by atoms with E-state index in [1.54, 1.807) is 60.8 Å². The van der Waals surface area contributed by atoms with E-state index in [-0.39, 0.29) is 29.0 Å². The van der Waals surface area contributed by atoms with E-state index in [9.17, 15) is 13.2 Å². The predicted molar refractivity (Wildman–Crippen MR) is 186 cm³/mol. The van der Waals surface area contributed by atoms with Gasteiger partial charge in [0.15, 0.2) is 5.54 Å². The summed E-state index contributed by atoms with van der Waals surface area (Å²) < 4.78 is 41.4. The Labute approximate surface area is 287 Å². The molecule has 0 spiro atoms. The summed E-state index contributed by atoms with van der Waals surface area (Å²) in [5.74, 6) is -0.157. The number of amides is 2. The van der Waals surface area contributed by atoms with Crippen molar-refractivity contribution in [2.45, 2.75) is 17.4 Å². The van der Waals surface area contributed by atoms with Gasteiger partial charge in [-0.1, -0.05) is 0 Å². The summed E-state index contributed by atoms with van der Waals surface area (Å²) in [6.45, 7) is 4.96. The van der Waals surface area contributed by atoms with E-state index in [4.69, 9.17) is 9.47 Å². The van der Waals surface area contributed by atoms with E-state index >= 15 is 4.79 Å². The topological polar surface area (TPSA) is 121 Å². The summed E-state index contributed by atoms with van der Waals surface area (Å²) in [5.41, 5.74) is 0.206. The lowest BCUT2D eigenvalue weighted by Crippen LogP contribution is -2.49. The first-order chi connectivity index (χ1) is 22.6. The van der Waals surface area contributed by atoms with Gasteiger partial charge in [0.1, 0.15) is 5.75 Å². The number of ether oxygens (including phenoxy) is 2. The van der Waals surface area contributed by atoms with Crippen molar-refractivity contribution >= 4 is 55.8 Å². The first kappa shape index (κ1) is 32.7. The maximum atomic E-state index is 15.0. The van der Waals surface area contributed by atoms with E-state index in [0.29, 0.717) is 41.2 Å². The molecule has 47 heavy (non-hydrogen) atoms. The number of aromatic nitrogens is 1. The molecule has 0 saturated carbocycles. The SMILES string of the molecule is CCOc1ncccc1C1(Nc2ccc(C(=O)N3CCN(C)CC3)cc2)C(=O)N(S(=O)(=O)c2ccc(OC)cc2)c2ccc(I)cc21. The van der Waals surface area contributed by atoms with Gasteiger partial charge in [0.25, 0.3) is 21.8 Å². The zero-order valence-electron chi connectivity index (χ0n) is 26.1. The highest BCUT2D eigenvalue weighted by atomic mass is 127. The number of hydrogen-bond acceptors (Lipinski definition) is 9. The van der Waals surface area contributed by atoms with Crippen molar-refractivity contribution in [2.75, 3.05) is 56.6 Å². The molecule has 1 atom stereocenters. The number of methoxy groups -OCH3 is 1. The van der Waals surface area contributed by atoms with Crippen LogP contribution >= 0.6 is 22.6 Å². The number of nitrogens with zero attached hydrogens (tertiary/aromatic N) is 4. The molecular formula is C34H34IN5O6S. The first-order valence-electron chi connectivity index (χ1n) is 15.1. The maximum Gasteiger partial charge on any atom is 0.276 e. The second-order valence-electron chi connectivity index (χ2n) is 11.2. The molecule has 1 N–H and O–H groups in total. The van der Waals surface area contributed by atoms with Crippen LogP contribution in [-0.4, -0.2) is 82.0 Å². The Balaban J connectivity index is 1.48. The summed E-state index contributed by atoms with van der Waals surface area (Å²) in [5, 5.41) is 3.40. The molecule has 0 bridgehead atoms. The number of carbonyl (C=O) groups is 2. The zero-order chi connectivity index (χ0) is 33.3. The van der Waals surface area contributed by atoms with Crippen LogP contribution in [0.5, 0.6) is 11.6 Å². The minimum atomic E-state index is -4.40. The highest BCUT2D eigenvalue weighted by molar-refractivity contribution is 14.1. The van der Waals surface area contributed by atoms with E-state index in [1.165, 1.54) is 31.4 Å². The van der Waals surface area contributed by atoms with Crippen LogP contribution in [0.15, 0.2) is 90.0 Å². The molecular weight excluding hydrogens is 733 g/mol. The number of halogens is 1. The van der Waals surface area contributed by atoms with Crippen LogP contribution in [-0.2, 0) is 20.4 Å². The number of piperazine rings is 1. The summed E-state index contributed by atoms with van der Waals surface area (Å²) >= 11 is 2.14. The molecule has 0 radical (unpaired) electrons. The van der Waals surface area contributed by atoms with Crippen LogP contribution in [0.2, 0.25) is 0 Å². The van der Waals surface area contributed by atoms with Crippen LogP contribution in [0.3, 0.4) is 0 Å². The first-order valence-corrected chi connectivity index (χ1v) is 17.6. The van der Waals surface area contributed by atoms with Gasteiger partial charge in [-0.05, 0) is 115 Å². The second kappa shape index (κ2) is 13.1. The zero-order valence-corrected chi connectivity index (χ0v) is 29.1. The van der Waals surface area contributed by atoms with Gasteiger partial charge in [-0.3, -0.25) is 9.59 Å². The number of anilines is 2. The fourth-order valence-electron chi connectivity index (χ4n) is 5.94. The highest BCUT2D eigenvalue weighted by Crippen LogP contribution is 2.51. The van der Waals surface area contributed by atoms with E-state index in [2.05, 4.69) is 37.8 Å². The molecule has 6 rings (SSSR count). The van der Waals surface area contributed by atoms with Gasteiger partial charge in [0, 0.05) is 52.8 Å². The molecule has 3 aromatic carbocycles. The summed E-state index contributed by atoms with van der Waals surface area (Å²) in [7, 11) is -0.877. The van der Waals surface area contributed by atoms with Gasteiger partial charge in [-0.25, -0.2) is 13.4 Å². The van der Waals surface area contributed by atoms with Crippen molar-refractivity contribution in [1.29, 1.82) is 0 Å². The second-order valence-corrected chi connectivity index (χ2v) is 14.3. The van der Waals surface area contributed by atoms with Gasteiger partial charge in [-0.2, -0.15) is 4.31 Å². The van der Waals surface area contributed by atoms with Crippen LogP contribution in [0.4, 0.5) is 11.4 Å². The third-order valence-corrected chi connectivity index (χ3v) is 10.8. The molecule has 1 saturated heterocycles. The van der Waals surface area contributed by atoms with Gasteiger partial charge in [0.05, 0.1) is 29.9 Å². The number of nitrogens with one attached hydrogen (secondary N) is 1. The number of sulfonamides is 1. The van der Waals surface area contributed by atoms with Crippen molar-refractivity contribution in [3.05, 3.63) is 105 Å². The molecule has 13 heteroatoms. The largest absolute Gasteiger partial charge is 0.497 e. The number of carbonyl (C=O) groups excluding carboxylic acids is 2. The molecule has 11 nitrogen and oxygen atoms in total. The minimum absolute atomic E-state index is 0.0705. The van der Waals surface area contributed by atoms with Gasteiger partial charge in [-0.15, -0.1) is 0 Å². The van der Waals surface area contributed by atoms with Crippen molar-refractivity contribution in [3.8, 4) is 11.6 Å². The molecule has 2 amide bonds. The van der Waals surface area contributed by atoms with Crippen LogP contribution in [0.25, 0.3) is 0 Å². The van der Waals surface area contributed by atoms with E-state index in [0.717, 1.165) is 21.0 Å². The summed E-state index contributed by atoms with van der Waals surface area (Å²) in [6, 6.07) is 21.3. The fraction of sp³-hybridized carbons (Fsp3) is 0.265. The number of benzene rings is 3. The summed E-state index contributed by atoms with van der Waals surface area (Å²) in [4.78, 5) is 36.7. The smallest absolute Gasteiger partial charge is 0.276 e. The minimum Gasteiger partial charge on any atom is -0.497 e.